The minimum Gasteiger partial charge on any atom is -0.478 e. The largest absolute Gasteiger partial charge is 0.478 e. The Balaban J connectivity index is 1.73. The predicted molar refractivity (Wildman–Crippen MR) is 115 cm³/mol. The van der Waals surface area contributed by atoms with E-state index in [4.69, 9.17) is 5.11 Å². The highest BCUT2D eigenvalue weighted by molar-refractivity contribution is 6.00. The second kappa shape index (κ2) is 11.0. The number of hydrazine groups is 1. The van der Waals surface area contributed by atoms with Crippen molar-refractivity contribution < 1.29 is 19.1 Å². The van der Waals surface area contributed by atoms with Gasteiger partial charge in [0.25, 0.3) is 5.91 Å². The first kappa shape index (κ1) is 22.1. The molecule has 2 aliphatic rings. The molecule has 2 fully saturated rings. The second-order valence-corrected chi connectivity index (χ2v) is 8.06. The molecule has 164 valence electrons. The fourth-order valence-corrected chi connectivity index (χ4v) is 4.17. The normalized spacial score (nSPS) is 17.9. The number of rotatable bonds is 9. The molecule has 0 radical (unpaired) electrons. The van der Waals surface area contributed by atoms with Gasteiger partial charge in [0.2, 0.25) is 0 Å². The zero-order chi connectivity index (χ0) is 21.3. The molecule has 3 rings (SSSR count). The van der Waals surface area contributed by atoms with Crippen LogP contribution in [0.15, 0.2) is 24.3 Å². The van der Waals surface area contributed by atoms with Crippen LogP contribution in [0.25, 0.3) is 0 Å². The van der Waals surface area contributed by atoms with Crippen LogP contribution >= 0.6 is 0 Å². The van der Waals surface area contributed by atoms with Crippen LogP contribution in [0.4, 0.5) is 15.8 Å². The average molecular weight is 419 g/mol. The molecule has 0 heterocycles. The highest BCUT2D eigenvalue weighted by Gasteiger charge is 2.22. The van der Waals surface area contributed by atoms with Crippen molar-refractivity contribution in [1.82, 2.24) is 10.9 Å². The van der Waals surface area contributed by atoms with Crippen molar-refractivity contribution >= 4 is 23.3 Å². The first-order valence-corrected chi connectivity index (χ1v) is 10.8. The van der Waals surface area contributed by atoms with E-state index in [1.54, 1.807) is 6.07 Å². The number of carboxylic acids is 1. The number of carboxylic acid groups (broad SMARTS) is 1. The standard InChI is InChI=1S/C22H31FN4O3/c23-18-13-17(22(30)27-24-12-6-11-21(28)29)19(25-15-9-4-5-10-15)14-20(18)26-16-7-2-1-3-8-16/h6,11,13-16,24-26H,1-5,7-10,12H2,(H,27,30)(H,28,29)/b11-6+. The molecule has 0 aromatic heterocycles. The minimum absolute atomic E-state index is 0.146. The van der Waals surface area contributed by atoms with Crippen LogP contribution in [0.3, 0.4) is 0 Å². The maximum Gasteiger partial charge on any atom is 0.328 e. The van der Waals surface area contributed by atoms with Crippen LogP contribution in [-0.4, -0.2) is 35.6 Å². The molecule has 0 bridgehead atoms. The number of anilines is 2. The second-order valence-electron chi connectivity index (χ2n) is 8.06. The van der Waals surface area contributed by atoms with E-state index in [0.717, 1.165) is 57.4 Å². The lowest BCUT2D eigenvalue weighted by molar-refractivity contribution is -0.131. The summed E-state index contributed by atoms with van der Waals surface area (Å²) >= 11 is 0. The van der Waals surface area contributed by atoms with E-state index in [9.17, 15) is 14.0 Å². The van der Waals surface area contributed by atoms with Crippen molar-refractivity contribution in [3.8, 4) is 0 Å². The number of amides is 1. The van der Waals surface area contributed by atoms with Crippen LogP contribution < -0.4 is 21.5 Å². The number of halogens is 1. The van der Waals surface area contributed by atoms with Gasteiger partial charge in [-0.05, 0) is 37.8 Å². The Kier molecular flexibility index (Phi) is 8.07. The van der Waals surface area contributed by atoms with Gasteiger partial charge in [0.1, 0.15) is 5.82 Å². The zero-order valence-corrected chi connectivity index (χ0v) is 17.2. The van der Waals surface area contributed by atoms with E-state index in [1.165, 1.54) is 18.6 Å². The SMILES string of the molecule is O=C(O)/C=C/CNNC(=O)c1cc(F)c(NC2CCCCC2)cc1NC1CCCC1. The van der Waals surface area contributed by atoms with Gasteiger partial charge < -0.3 is 15.7 Å². The number of hydrogen-bond acceptors (Lipinski definition) is 5. The van der Waals surface area contributed by atoms with Gasteiger partial charge in [-0.3, -0.25) is 10.2 Å². The molecule has 2 saturated carbocycles. The maximum atomic E-state index is 14.8. The molecular weight excluding hydrogens is 387 g/mol. The quantitative estimate of drug-likeness (QED) is 0.238. The summed E-state index contributed by atoms with van der Waals surface area (Å²) in [6, 6.07) is 3.51. The molecular formula is C22H31FN4O3. The minimum atomic E-state index is -1.06. The zero-order valence-electron chi connectivity index (χ0n) is 17.2. The molecule has 8 heteroatoms. The smallest absolute Gasteiger partial charge is 0.328 e. The lowest BCUT2D eigenvalue weighted by atomic mass is 9.95. The van der Waals surface area contributed by atoms with Crippen LogP contribution in [0.1, 0.15) is 68.1 Å². The highest BCUT2D eigenvalue weighted by Crippen LogP contribution is 2.30. The van der Waals surface area contributed by atoms with Crippen LogP contribution in [-0.2, 0) is 4.79 Å². The Morgan fingerprint density at radius 3 is 2.20 bits per heavy atom. The number of aliphatic carboxylic acids is 1. The van der Waals surface area contributed by atoms with Crippen LogP contribution in [0, 0.1) is 5.82 Å². The van der Waals surface area contributed by atoms with E-state index in [0.29, 0.717) is 11.4 Å². The Bertz CT molecular complexity index is 772. The maximum absolute atomic E-state index is 14.8. The van der Waals surface area contributed by atoms with Crippen molar-refractivity contribution in [3.05, 3.63) is 35.7 Å². The van der Waals surface area contributed by atoms with Crippen molar-refractivity contribution in [2.45, 2.75) is 69.9 Å². The fraction of sp³-hybridized carbons (Fsp3) is 0.545. The summed E-state index contributed by atoms with van der Waals surface area (Å²) in [6.07, 6.45) is 12.3. The molecule has 1 aromatic carbocycles. The third-order valence-corrected chi connectivity index (χ3v) is 5.71. The lowest BCUT2D eigenvalue weighted by Crippen LogP contribution is -2.38. The summed E-state index contributed by atoms with van der Waals surface area (Å²) in [7, 11) is 0. The molecule has 5 N–H and O–H groups in total. The molecule has 1 amide bonds. The molecule has 0 aliphatic heterocycles. The Labute approximate surface area is 176 Å². The predicted octanol–water partition coefficient (Wildman–Crippen LogP) is 3.80. The van der Waals surface area contributed by atoms with E-state index in [1.807, 2.05) is 0 Å². The van der Waals surface area contributed by atoms with Gasteiger partial charge in [0.15, 0.2) is 0 Å². The van der Waals surface area contributed by atoms with Gasteiger partial charge >= 0.3 is 5.97 Å². The van der Waals surface area contributed by atoms with Crippen molar-refractivity contribution in [2.75, 3.05) is 17.2 Å². The van der Waals surface area contributed by atoms with E-state index >= 15 is 0 Å². The molecule has 7 nitrogen and oxygen atoms in total. The topological polar surface area (TPSA) is 102 Å². The van der Waals surface area contributed by atoms with E-state index in [2.05, 4.69) is 21.5 Å². The Morgan fingerprint density at radius 1 is 0.967 bits per heavy atom. The Hall–Kier alpha value is -2.61. The molecule has 2 aliphatic carbocycles. The summed E-state index contributed by atoms with van der Waals surface area (Å²) in [5, 5.41) is 15.3. The van der Waals surface area contributed by atoms with Crippen molar-refractivity contribution in [2.24, 2.45) is 0 Å². The monoisotopic (exact) mass is 418 g/mol. The van der Waals surface area contributed by atoms with Gasteiger partial charge in [-0.1, -0.05) is 38.2 Å². The molecule has 0 spiro atoms. The summed E-state index contributed by atoms with van der Waals surface area (Å²) < 4.78 is 14.8. The number of carbonyl (C=O) groups excluding carboxylic acids is 1. The first-order chi connectivity index (χ1) is 14.5. The van der Waals surface area contributed by atoms with E-state index < -0.39 is 17.7 Å². The number of carbonyl (C=O) groups is 2. The summed E-state index contributed by atoms with van der Waals surface area (Å²) in [5.41, 5.74) is 6.42. The number of hydrogen-bond donors (Lipinski definition) is 5. The van der Waals surface area contributed by atoms with Crippen LogP contribution in [0.2, 0.25) is 0 Å². The first-order valence-electron chi connectivity index (χ1n) is 10.8. The van der Waals surface area contributed by atoms with Gasteiger partial charge in [-0.2, -0.15) is 0 Å². The average Bonchev–Trinajstić information content (AvgIpc) is 3.23. The van der Waals surface area contributed by atoms with Gasteiger partial charge in [-0.25, -0.2) is 14.6 Å². The van der Waals surface area contributed by atoms with Crippen molar-refractivity contribution in [3.63, 3.8) is 0 Å². The third kappa shape index (κ3) is 6.45. The van der Waals surface area contributed by atoms with Crippen molar-refractivity contribution in [1.29, 1.82) is 0 Å². The summed E-state index contributed by atoms with van der Waals surface area (Å²) in [6.45, 7) is 0.146. The third-order valence-electron chi connectivity index (χ3n) is 5.71. The number of benzene rings is 1. The number of nitrogens with one attached hydrogen (secondary N) is 4. The lowest BCUT2D eigenvalue weighted by Gasteiger charge is -2.25. The Morgan fingerprint density at radius 2 is 1.57 bits per heavy atom. The fourth-order valence-electron chi connectivity index (χ4n) is 4.17. The van der Waals surface area contributed by atoms with Gasteiger partial charge in [-0.15, -0.1) is 0 Å². The van der Waals surface area contributed by atoms with Crippen LogP contribution in [0.5, 0.6) is 0 Å². The molecule has 30 heavy (non-hydrogen) atoms. The van der Waals surface area contributed by atoms with E-state index in [-0.39, 0.29) is 24.2 Å². The molecule has 0 unspecified atom stereocenters. The molecule has 0 saturated heterocycles. The van der Waals surface area contributed by atoms with Gasteiger partial charge in [0.05, 0.1) is 11.3 Å². The highest BCUT2D eigenvalue weighted by atomic mass is 19.1. The summed E-state index contributed by atoms with van der Waals surface area (Å²) in [5.74, 6) is -1.98. The molecule has 0 atom stereocenters. The molecule has 1 aromatic rings. The summed E-state index contributed by atoms with van der Waals surface area (Å²) in [4.78, 5) is 23.1. The van der Waals surface area contributed by atoms with Gasteiger partial charge in [0, 0.05) is 30.4 Å².